The molecule has 1 saturated carbocycles. The summed E-state index contributed by atoms with van der Waals surface area (Å²) >= 11 is 0. The zero-order valence-electron chi connectivity index (χ0n) is 12.6. The highest BCUT2D eigenvalue weighted by atomic mass is 15.2. The van der Waals surface area contributed by atoms with E-state index in [1.54, 1.807) is 0 Å². The Morgan fingerprint density at radius 3 is 2.11 bits per heavy atom. The van der Waals surface area contributed by atoms with Gasteiger partial charge in [-0.1, -0.05) is 39.5 Å². The minimum absolute atomic E-state index is 0.725. The van der Waals surface area contributed by atoms with Crippen LogP contribution in [0, 0.1) is 11.8 Å². The van der Waals surface area contributed by atoms with Gasteiger partial charge in [-0.25, -0.2) is 0 Å². The van der Waals surface area contributed by atoms with Gasteiger partial charge in [0.2, 0.25) is 0 Å². The van der Waals surface area contributed by atoms with Crippen LogP contribution in [0.4, 0.5) is 0 Å². The summed E-state index contributed by atoms with van der Waals surface area (Å²) in [7, 11) is 2.16. The molecule has 4 atom stereocenters. The van der Waals surface area contributed by atoms with Crippen molar-refractivity contribution in [2.24, 2.45) is 11.8 Å². The topological polar surface area (TPSA) is 15.3 Å². The van der Waals surface area contributed by atoms with E-state index in [4.69, 9.17) is 0 Å². The van der Waals surface area contributed by atoms with Crippen molar-refractivity contribution in [3.8, 4) is 0 Å². The molecule has 2 nitrogen and oxygen atoms in total. The van der Waals surface area contributed by atoms with Gasteiger partial charge in [0.05, 0.1) is 0 Å². The Hall–Kier alpha value is -0.0800. The van der Waals surface area contributed by atoms with Crippen molar-refractivity contribution in [1.82, 2.24) is 10.2 Å². The van der Waals surface area contributed by atoms with Crippen molar-refractivity contribution >= 4 is 0 Å². The molecule has 0 spiro atoms. The quantitative estimate of drug-likeness (QED) is 0.811. The Kier molecular flexibility index (Phi) is 5.50. The molecular weight excluding hydrogens is 220 g/mol. The van der Waals surface area contributed by atoms with Gasteiger partial charge >= 0.3 is 0 Å². The van der Waals surface area contributed by atoms with E-state index < -0.39 is 0 Å². The van der Waals surface area contributed by atoms with Crippen molar-refractivity contribution in [3.05, 3.63) is 0 Å². The first-order valence-electron chi connectivity index (χ1n) is 8.12. The third kappa shape index (κ3) is 3.71. The van der Waals surface area contributed by atoms with Crippen LogP contribution in [0.3, 0.4) is 0 Å². The number of likely N-dealkylation sites (tertiary alicyclic amines) is 1. The average molecular weight is 252 g/mol. The standard InChI is InChI=1S/C16H32N2/c1-13-10-14(2)12-18(11-13)16-9-7-5-4-6-8-15(16)17-3/h13-17H,4-12H2,1-3H3. The van der Waals surface area contributed by atoms with Gasteiger partial charge in [0, 0.05) is 25.2 Å². The fourth-order valence-electron chi connectivity index (χ4n) is 4.22. The maximum absolute atomic E-state index is 3.61. The van der Waals surface area contributed by atoms with E-state index in [-0.39, 0.29) is 0 Å². The molecular formula is C16H32N2. The highest BCUT2D eigenvalue weighted by Gasteiger charge is 2.31. The third-order valence-corrected chi connectivity index (χ3v) is 4.97. The molecule has 2 heteroatoms. The summed E-state index contributed by atoms with van der Waals surface area (Å²) in [6.45, 7) is 7.51. The molecule has 2 rings (SSSR count). The smallest absolute Gasteiger partial charge is 0.0249 e. The number of hydrogen-bond donors (Lipinski definition) is 1. The monoisotopic (exact) mass is 252 g/mol. The summed E-state index contributed by atoms with van der Waals surface area (Å²) in [6, 6.07) is 1.52. The summed E-state index contributed by atoms with van der Waals surface area (Å²) in [5.74, 6) is 1.77. The van der Waals surface area contributed by atoms with Crippen LogP contribution in [0.25, 0.3) is 0 Å². The summed E-state index contributed by atoms with van der Waals surface area (Å²) in [4.78, 5) is 2.81. The van der Waals surface area contributed by atoms with Crippen molar-refractivity contribution in [2.45, 2.75) is 70.9 Å². The fourth-order valence-corrected chi connectivity index (χ4v) is 4.22. The Balaban J connectivity index is 2.01. The van der Waals surface area contributed by atoms with E-state index in [9.17, 15) is 0 Å². The van der Waals surface area contributed by atoms with Crippen molar-refractivity contribution < 1.29 is 0 Å². The molecule has 1 aliphatic heterocycles. The van der Waals surface area contributed by atoms with Gasteiger partial charge in [-0.2, -0.15) is 0 Å². The van der Waals surface area contributed by atoms with E-state index >= 15 is 0 Å². The lowest BCUT2D eigenvalue weighted by Crippen LogP contribution is -2.53. The summed E-state index contributed by atoms with van der Waals surface area (Å²) in [5.41, 5.74) is 0. The average Bonchev–Trinajstić information content (AvgIpc) is 2.27. The van der Waals surface area contributed by atoms with Crippen LogP contribution in [-0.2, 0) is 0 Å². The Bertz CT molecular complexity index is 231. The molecule has 0 aromatic rings. The first-order valence-corrected chi connectivity index (χ1v) is 8.12. The largest absolute Gasteiger partial charge is 0.315 e. The predicted molar refractivity (Wildman–Crippen MR) is 78.9 cm³/mol. The zero-order valence-corrected chi connectivity index (χ0v) is 12.6. The Morgan fingerprint density at radius 2 is 1.50 bits per heavy atom. The number of hydrogen-bond acceptors (Lipinski definition) is 2. The molecule has 0 radical (unpaired) electrons. The zero-order chi connectivity index (χ0) is 13.0. The molecule has 1 N–H and O–H groups in total. The van der Waals surface area contributed by atoms with Crippen LogP contribution in [0.2, 0.25) is 0 Å². The molecule has 1 saturated heterocycles. The molecule has 0 aromatic heterocycles. The first-order chi connectivity index (χ1) is 8.70. The van der Waals surface area contributed by atoms with E-state index in [1.165, 1.54) is 58.0 Å². The lowest BCUT2D eigenvalue weighted by Gasteiger charge is -2.44. The summed E-state index contributed by atoms with van der Waals surface area (Å²) < 4.78 is 0. The molecule has 18 heavy (non-hydrogen) atoms. The van der Waals surface area contributed by atoms with Gasteiger partial charge in [-0.05, 0) is 38.1 Å². The molecule has 0 amide bonds. The highest BCUT2D eigenvalue weighted by molar-refractivity contribution is 4.88. The second kappa shape index (κ2) is 6.91. The molecule has 2 fully saturated rings. The second-order valence-electron chi connectivity index (χ2n) is 6.85. The maximum atomic E-state index is 3.61. The van der Waals surface area contributed by atoms with Crippen molar-refractivity contribution in [1.29, 1.82) is 0 Å². The van der Waals surface area contributed by atoms with Gasteiger partial charge in [0.15, 0.2) is 0 Å². The van der Waals surface area contributed by atoms with Crippen LogP contribution in [-0.4, -0.2) is 37.1 Å². The Labute approximate surface area is 114 Å². The van der Waals surface area contributed by atoms with Crippen molar-refractivity contribution in [3.63, 3.8) is 0 Å². The van der Waals surface area contributed by atoms with Gasteiger partial charge in [-0.15, -0.1) is 0 Å². The highest BCUT2D eigenvalue weighted by Crippen LogP contribution is 2.28. The third-order valence-electron chi connectivity index (χ3n) is 4.97. The molecule has 1 aliphatic carbocycles. The van der Waals surface area contributed by atoms with Gasteiger partial charge in [0.1, 0.15) is 0 Å². The van der Waals surface area contributed by atoms with Crippen LogP contribution in [0.5, 0.6) is 0 Å². The molecule has 2 aliphatic rings. The van der Waals surface area contributed by atoms with E-state index in [0.29, 0.717) is 0 Å². The fraction of sp³-hybridized carbons (Fsp3) is 1.00. The van der Waals surface area contributed by atoms with Crippen LogP contribution in [0.15, 0.2) is 0 Å². The predicted octanol–water partition coefficient (Wildman–Crippen LogP) is 3.28. The maximum Gasteiger partial charge on any atom is 0.0249 e. The van der Waals surface area contributed by atoms with Gasteiger partial charge in [0.25, 0.3) is 0 Å². The minimum Gasteiger partial charge on any atom is -0.315 e. The van der Waals surface area contributed by atoms with E-state index in [1.807, 2.05) is 0 Å². The Morgan fingerprint density at radius 1 is 0.889 bits per heavy atom. The first kappa shape index (κ1) is 14.3. The summed E-state index contributed by atoms with van der Waals surface area (Å²) in [6.07, 6.45) is 9.95. The van der Waals surface area contributed by atoms with Gasteiger partial charge in [-0.3, -0.25) is 4.90 Å². The van der Waals surface area contributed by atoms with E-state index in [2.05, 4.69) is 31.1 Å². The van der Waals surface area contributed by atoms with Crippen LogP contribution >= 0.6 is 0 Å². The number of likely N-dealkylation sites (N-methyl/N-ethyl adjacent to an activating group) is 1. The number of rotatable bonds is 2. The molecule has 0 aromatic carbocycles. The minimum atomic E-state index is 0.725. The normalized spacial score (nSPS) is 40.2. The number of nitrogens with one attached hydrogen (secondary N) is 1. The van der Waals surface area contributed by atoms with Crippen molar-refractivity contribution in [2.75, 3.05) is 20.1 Å². The summed E-state index contributed by atoms with van der Waals surface area (Å²) in [5, 5.41) is 3.61. The van der Waals surface area contributed by atoms with Crippen LogP contribution in [0.1, 0.15) is 58.8 Å². The molecule has 0 bridgehead atoms. The number of piperidine rings is 1. The van der Waals surface area contributed by atoms with E-state index in [0.717, 1.165) is 23.9 Å². The molecule has 106 valence electrons. The SMILES string of the molecule is CNC1CCCCCCC1N1CC(C)CC(C)C1. The number of nitrogens with zero attached hydrogens (tertiary/aromatic N) is 1. The molecule has 1 heterocycles. The lowest BCUT2D eigenvalue weighted by atomic mass is 9.86. The lowest BCUT2D eigenvalue weighted by molar-refractivity contribution is 0.0652. The van der Waals surface area contributed by atoms with Gasteiger partial charge < -0.3 is 5.32 Å². The van der Waals surface area contributed by atoms with Crippen LogP contribution < -0.4 is 5.32 Å². The second-order valence-corrected chi connectivity index (χ2v) is 6.85. The molecule has 4 unspecified atom stereocenters.